The highest BCUT2D eigenvalue weighted by Gasteiger charge is 2.05. The molecule has 0 aliphatic heterocycles. The molecule has 2 aromatic rings. The van der Waals surface area contributed by atoms with E-state index in [-0.39, 0.29) is 0 Å². The fourth-order valence-corrected chi connectivity index (χ4v) is 2.89. The SMILES string of the molecule is CCCc1cc(CCl)cc(OCCc2scnc2C)n1. The molecule has 0 spiro atoms. The fraction of sp³-hybridized carbons (Fsp3) is 0.467. The molecule has 108 valence electrons. The van der Waals surface area contributed by atoms with E-state index in [4.69, 9.17) is 16.3 Å². The van der Waals surface area contributed by atoms with E-state index in [1.165, 1.54) is 4.88 Å². The van der Waals surface area contributed by atoms with E-state index in [1.54, 1.807) is 11.3 Å². The van der Waals surface area contributed by atoms with Crippen LogP contribution in [0.1, 0.15) is 35.2 Å². The molecule has 0 saturated heterocycles. The Balaban J connectivity index is 1.97. The van der Waals surface area contributed by atoms with Crippen LogP contribution in [0.5, 0.6) is 5.88 Å². The topological polar surface area (TPSA) is 35.0 Å². The number of aryl methyl sites for hydroxylation is 2. The van der Waals surface area contributed by atoms with Crippen molar-refractivity contribution in [1.29, 1.82) is 0 Å². The summed E-state index contributed by atoms with van der Waals surface area (Å²) in [7, 11) is 0. The summed E-state index contributed by atoms with van der Waals surface area (Å²) in [6.07, 6.45) is 2.89. The van der Waals surface area contributed by atoms with Crippen molar-refractivity contribution in [2.45, 2.75) is 39.0 Å². The molecule has 0 fully saturated rings. The molecule has 20 heavy (non-hydrogen) atoms. The minimum Gasteiger partial charge on any atom is -0.477 e. The maximum Gasteiger partial charge on any atom is 0.213 e. The molecule has 2 rings (SSSR count). The van der Waals surface area contributed by atoms with Gasteiger partial charge in [-0.3, -0.25) is 0 Å². The molecule has 0 unspecified atom stereocenters. The van der Waals surface area contributed by atoms with Crippen LogP contribution >= 0.6 is 22.9 Å². The lowest BCUT2D eigenvalue weighted by atomic mass is 10.2. The van der Waals surface area contributed by atoms with Gasteiger partial charge in [0, 0.05) is 28.9 Å². The van der Waals surface area contributed by atoms with Gasteiger partial charge in [0.05, 0.1) is 17.8 Å². The Labute approximate surface area is 129 Å². The molecule has 0 aromatic carbocycles. The number of halogens is 1. The molecule has 3 nitrogen and oxygen atoms in total. The summed E-state index contributed by atoms with van der Waals surface area (Å²) in [6.45, 7) is 4.78. The summed E-state index contributed by atoms with van der Waals surface area (Å²) in [5.74, 6) is 1.16. The fourth-order valence-electron chi connectivity index (χ4n) is 1.97. The standard InChI is InChI=1S/C15H19ClN2OS/c1-3-4-13-7-12(9-16)8-15(18-13)19-6-5-14-11(2)17-10-20-14/h7-8,10H,3-6,9H2,1-2H3. The van der Waals surface area contributed by atoms with Crippen molar-refractivity contribution in [3.05, 3.63) is 39.5 Å². The molecule has 0 N–H and O–H groups in total. The summed E-state index contributed by atoms with van der Waals surface area (Å²) in [4.78, 5) is 10.0. The first-order valence-electron chi connectivity index (χ1n) is 6.80. The summed E-state index contributed by atoms with van der Waals surface area (Å²) in [6, 6.07) is 3.97. The minimum atomic E-state index is 0.490. The number of aromatic nitrogens is 2. The smallest absolute Gasteiger partial charge is 0.213 e. The monoisotopic (exact) mass is 310 g/mol. The van der Waals surface area contributed by atoms with Crippen LogP contribution in [0.25, 0.3) is 0 Å². The van der Waals surface area contributed by atoms with Gasteiger partial charge in [0.15, 0.2) is 0 Å². The van der Waals surface area contributed by atoms with Gasteiger partial charge in [0.2, 0.25) is 5.88 Å². The molecular formula is C15H19ClN2OS. The number of hydrogen-bond acceptors (Lipinski definition) is 4. The Bertz CT molecular complexity index is 557. The maximum atomic E-state index is 5.92. The zero-order valence-corrected chi connectivity index (χ0v) is 13.4. The first-order valence-corrected chi connectivity index (χ1v) is 8.22. The highest BCUT2D eigenvalue weighted by atomic mass is 35.5. The van der Waals surface area contributed by atoms with Crippen LogP contribution in [0, 0.1) is 6.92 Å². The second-order valence-electron chi connectivity index (χ2n) is 4.65. The lowest BCUT2D eigenvalue weighted by molar-refractivity contribution is 0.309. The van der Waals surface area contributed by atoms with E-state index in [0.717, 1.165) is 36.2 Å². The third-order valence-corrected chi connectivity index (χ3v) is 4.30. The molecule has 0 amide bonds. The third kappa shape index (κ3) is 4.18. The molecule has 2 aromatic heterocycles. The van der Waals surface area contributed by atoms with Crippen molar-refractivity contribution >= 4 is 22.9 Å². The van der Waals surface area contributed by atoms with Crippen molar-refractivity contribution in [1.82, 2.24) is 9.97 Å². The van der Waals surface area contributed by atoms with Crippen LogP contribution < -0.4 is 4.74 Å². The molecule has 0 atom stereocenters. The summed E-state index contributed by atoms with van der Waals surface area (Å²) >= 11 is 7.59. The number of alkyl halides is 1. The van der Waals surface area contributed by atoms with Gasteiger partial charge in [-0.25, -0.2) is 9.97 Å². The van der Waals surface area contributed by atoms with E-state index < -0.39 is 0 Å². The number of nitrogens with zero attached hydrogens (tertiary/aromatic N) is 2. The van der Waals surface area contributed by atoms with Gasteiger partial charge in [-0.05, 0) is 25.0 Å². The Kier molecular flexibility index (Phi) is 5.80. The van der Waals surface area contributed by atoms with Gasteiger partial charge >= 0.3 is 0 Å². The van der Waals surface area contributed by atoms with E-state index in [0.29, 0.717) is 18.4 Å². The van der Waals surface area contributed by atoms with Gasteiger partial charge in [0.1, 0.15) is 0 Å². The van der Waals surface area contributed by atoms with Crippen molar-refractivity contribution in [2.75, 3.05) is 6.61 Å². The number of thiazole rings is 1. The van der Waals surface area contributed by atoms with Crippen molar-refractivity contribution < 1.29 is 4.74 Å². The molecule has 0 radical (unpaired) electrons. The van der Waals surface area contributed by atoms with Gasteiger partial charge < -0.3 is 4.74 Å². The van der Waals surface area contributed by atoms with Crippen LogP contribution in [0.15, 0.2) is 17.6 Å². The highest BCUT2D eigenvalue weighted by molar-refractivity contribution is 7.09. The molecule has 0 saturated carbocycles. The Morgan fingerprint density at radius 2 is 2.15 bits per heavy atom. The normalized spacial score (nSPS) is 10.8. The number of ether oxygens (including phenoxy) is 1. The van der Waals surface area contributed by atoms with Crippen LogP contribution in [0.3, 0.4) is 0 Å². The average Bonchev–Trinajstić information content (AvgIpc) is 2.84. The van der Waals surface area contributed by atoms with E-state index in [1.807, 2.05) is 18.5 Å². The van der Waals surface area contributed by atoms with E-state index in [2.05, 4.69) is 23.0 Å². The van der Waals surface area contributed by atoms with Gasteiger partial charge in [-0.1, -0.05) is 13.3 Å². The quantitative estimate of drug-likeness (QED) is 0.720. The first-order chi connectivity index (χ1) is 9.72. The largest absolute Gasteiger partial charge is 0.477 e. The Hall–Kier alpha value is -1.13. The summed E-state index contributed by atoms with van der Waals surface area (Å²) in [5.41, 5.74) is 5.08. The zero-order chi connectivity index (χ0) is 14.4. The number of rotatable bonds is 7. The minimum absolute atomic E-state index is 0.490. The van der Waals surface area contributed by atoms with Crippen LogP contribution in [-0.2, 0) is 18.7 Å². The molecule has 0 bridgehead atoms. The van der Waals surface area contributed by atoms with Gasteiger partial charge in [0.25, 0.3) is 0 Å². The number of hydrogen-bond donors (Lipinski definition) is 0. The lowest BCUT2D eigenvalue weighted by Crippen LogP contribution is -2.04. The van der Waals surface area contributed by atoms with Crippen molar-refractivity contribution in [3.8, 4) is 5.88 Å². The summed E-state index contributed by atoms with van der Waals surface area (Å²) in [5, 5.41) is 0. The zero-order valence-electron chi connectivity index (χ0n) is 11.9. The van der Waals surface area contributed by atoms with Crippen LogP contribution in [0.2, 0.25) is 0 Å². The maximum absolute atomic E-state index is 5.92. The van der Waals surface area contributed by atoms with Gasteiger partial charge in [-0.2, -0.15) is 0 Å². The lowest BCUT2D eigenvalue weighted by Gasteiger charge is -2.08. The molecule has 0 aliphatic carbocycles. The molecule has 2 heterocycles. The molecule has 0 aliphatic rings. The number of pyridine rings is 1. The Morgan fingerprint density at radius 1 is 1.30 bits per heavy atom. The van der Waals surface area contributed by atoms with Crippen LogP contribution in [0.4, 0.5) is 0 Å². The van der Waals surface area contributed by atoms with Crippen molar-refractivity contribution in [2.24, 2.45) is 0 Å². The second kappa shape index (κ2) is 7.60. The van der Waals surface area contributed by atoms with E-state index >= 15 is 0 Å². The second-order valence-corrected chi connectivity index (χ2v) is 5.85. The Morgan fingerprint density at radius 3 is 2.80 bits per heavy atom. The third-order valence-electron chi connectivity index (χ3n) is 3.00. The highest BCUT2D eigenvalue weighted by Crippen LogP contribution is 2.17. The average molecular weight is 311 g/mol. The predicted octanol–water partition coefficient (Wildman–Crippen LogP) is 4.16. The molecule has 5 heteroatoms. The van der Waals surface area contributed by atoms with E-state index in [9.17, 15) is 0 Å². The van der Waals surface area contributed by atoms with Gasteiger partial charge in [-0.15, -0.1) is 22.9 Å². The predicted molar refractivity (Wildman–Crippen MR) is 83.8 cm³/mol. The first kappa shape index (κ1) is 15.3. The van der Waals surface area contributed by atoms with Crippen molar-refractivity contribution in [3.63, 3.8) is 0 Å². The molecular weight excluding hydrogens is 292 g/mol. The van der Waals surface area contributed by atoms with Crippen LogP contribution in [-0.4, -0.2) is 16.6 Å². The summed E-state index contributed by atoms with van der Waals surface area (Å²) < 4.78 is 5.77.